The molecular formula is C19H23ClN2O4S. The standard InChI is InChI=1S/C19H23ClN2O4S/c1-25-16-6-8-17(9-7-16)27(23,24)22-12-10-21(11-13-22)14-15-26-19-5-3-2-4-18(19)20/h2-9H,10-15H2,1H3. The fourth-order valence-corrected chi connectivity index (χ4v) is 4.55. The Hall–Kier alpha value is -1.80. The molecule has 6 nitrogen and oxygen atoms in total. The van der Waals surface area contributed by atoms with Crippen molar-refractivity contribution in [2.75, 3.05) is 46.4 Å². The number of hydrogen-bond donors (Lipinski definition) is 0. The Kier molecular flexibility index (Phi) is 6.59. The van der Waals surface area contributed by atoms with Crippen LogP contribution >= 0.6 is 11.6 Å². The average Bonchev–Trinajstić information content (AvgIpc) is 2.70. The molecule has 8 heteroatoms. The number of rotatable bonds is 7. The molecule has 0 radical (unpaired) electrons. The van der Waals surface area contributed by atoms with Crippen LogP contribution < -0.4 is 9.47 Å². The predicted octanol–water partition coefficient (Wildman–Crippen LogP) is 2.73. The van der Waals surface area contributed by atoms with E-state index in [1.165, 1.54) is 4.31 Å². The lowest BCUT2D eigenvalue weighted by atomic mass is 10.3. The first kappa shape index (κ1) is 19.9. The minimum Gasteiger partial charge on any atom is -0.497 e. The molecule has 0 aromatic heterocycles. The summed E-state index contributed by atoms with van der Waals surface area (Å²) in [6, 6.07) is 13.9. The van der Waals surface area contributed by atoms with E-state index in [-0.39, 0.29) is 0 Å². The molecule has 1 saturated heterocycles. The van der Waals surface area contributed by atoms with E-state index >= 15 is 0 Å². The van der Waals surface area contributed by atoms with Gasteiger partial charge in [0.2, 0.25) is 10.0 Å². The normalized spacial score (nSPS) is 16.2. The fourth-order valence-electron chi connectivity index (χ4n) is 2.94. The highest BCUT2D eigenvalue weighted by Gasteiger charge is 2.28. The van der Waals surface area contributed by atoms with Gasteiger partial charge in [0.25, 0.3) is 0 Å². The van der Waals surface area contributed by atoms with Crippen molar-refractivity contribution in [1.29, 1.82) is 0 Å². The maximum Gasteiger partial charge on any atom is 0.243 e. The maximum absolute atomic E-state index is 12.8. The van der Waals surface area contributed by atoms with Gasteiger partial charge in [-0.05, 0) is 36.4 Å². The van der Waals surface area contributed by atoms with E-state index < -0.39 is 10.0 Å². The summed E-state index contributed by atoms with van der Waals surface area (Å²) in [7, 11) is -1.92. The van der Waals surface area contributed by atoms with Gasteiger partial charge >= 0.3 is 0 Å². The number of nitrogens with zero attached hydrogens (tertiary/aromatic N) is 2. The number of methoxy groups -OCH3 is 1. The lowest BCUT2D eigenvalue weighted by Gasteiger charge is -2.33. The molecule has 0 saturated carbocycles. The summed E-state index contributed by atoms with van der Waals surface area (Å²) in [5, 5.41) is 0.591. The third-order valence-electron chi connectivity index (χ3n) is 4.53. The zero-order valence-electron chi connectivity index (χ0n) is 15.2. The highest BCUT2D eigenvalue weighted by atomic mass is 35.5. The smallest absolute Gasteiger partial charge is 0.243 e. The van der Waals surface area contributed by atoms with Gasteiger partial charge in [0.1, 0.15) is 18.1 Å². The van der Waals surface area contributed by atoms with Gasteiger partial charge in [-0.3, -0.25) is 4.90 Å². The molecule has 0 spiro atoms. The van der Waals surface area contributed by atoms with Crippen LogP contribution in [0, 0.1) is 0 Å². The summed E-state index contributed by atoms with van der Waals surface area (Å²) >= 11 is 6.07. The Labute approximate surface area is 165 Å². The van der Waals surface area contributed by atoms with Crippen LogP contribution in [0.2, 0.25) is 5.02 Å². The second-order valence-corrected chi connectivity index (χ2v) is 8.55. The summed E-state index contributed by atoms with van der Waals surface area (Å²) in [6.45, 7) is 3.49. The molecular weight excluding hydrogens is 388 g/mol. The predicted molar refractivity (Wildman–Crippen MR) is 105 cm³/mol. The number of benzene rings is 2. The van der Waals surface area contributed by atoms with Gasteiger partial charge in [0.05, 0.1) is 17.0 Å². The summed E-state index contributed by atoms with van der Waals surface area (Å²) in [5.74, 6) is 1.30. The highest BCUT2D eigenvalue weighted by Crippen LogP contribution is 2.23. The monoisotopic (exact) mass is 410 g/mol. The Morgan fingerprint density at radius 2 is 1.67 bits per heavy atom. The zero-order chi connectivity index (χ0) is 19.3. The largest absolute Gasteiger partial charge is 0.497 e. The molecule has 0 N–H and O–H groups in total. The molecule has 146 valence electrons. The van der Waals surface area contributed by atoms with Crippen molar-refractivity contribution >= 4 is 21.6 Å². The summed E-state index contributed by atoms with van der Waals surface area (Å²) in [4.78, 5) is 2.48. The van der Waals surface area contributed by atoms with Gasteiger partial charge in [0.15, 0.2) is 0 Å². The third-order valence-corrected chi connectivity index (χ3v) is 6.76. The number of ether oxygens (including phenoxy) is 2. The minimum absolute atomic E-state index is 0.291. The van der Waals surface area contributed by atoms with Crippen molar-refractivity contribution in [3.8, 4) is 11.5 Å². The fraction of sp³-hybridized carbons (Fsp3) is 0.368. The zero-order valence-corrected chi connectivity index (χ0v) is 16.7. The molecule has 0 atom stereocenters. The number of halogens is 1. The molecule has 1 fully saturated rings. The van der Waals surface area contributed by atoms with Crippen molar-refractivity contribution in [3.63, 3.8) is 0 Å². The lowest BCUT2D eigenvalue weighted by Crippen LogP contribution is -2.49. The van der Waals surface area contributed by atoms with Crippen molar-refractivity contribution in [2.24, 2.45) is 0 Å². The Balaban J connectivity index is 1.50. The molecule has 1 aliphatic heterocycles. The Bertz CT molecular complexity index is 850. The van der Waals surface area contributed by atoms with Crippen LogP contribution in [0.5, 0.6) is 11.5 Å². The van der Waals surface area contributed by atoms with Gasteiger partial charge in [-0.25, -0.2) is 8.42 Å². The minimum atomic E-state index is -3.48. The van der Waals surface area contributed by atoms with Crippen LogP contribution in [0.3, 0.4) is 0 Å². The van der Waals surface area contributed by atoms with E-state index in [0.717, 1.165) is 6.54 Å². The van der Waals surface area contributed by atoms with E-state index in [1.807, 2.05) is 18.2 Å². The Morgan fingerprint density at radius 3 is 2.30 bits per heavy atom. The molecule has 3 rings (SSSR count). The first-order chi connectivity index (χ1) is 13.0. The molecule has 0 aliphatic carbocycles. The second-order valence-electron chi connectivity index (χ2n) is 6.20. The van der Waals surface area contributed by atoms with Gasteiger partial charge in [0, 0.05) is 32.7 Å². The van der Waals surface area contributed by atoms with E-state index in [0.29, 0.717) is 54.2 Å². The van der Waals surface area contributed by atoms with Crippen molar-refractivity contribution in [3.05, 3.63) is 53.6 Å². The van der Waals surface area contributed by atoms with Crippen LogP contribution in [0.25, 0.3) is 0 Å². The van der Waals surface area contributed by atoms with Gasteiger partial charge in [-0.15, -0.1) is 0 Å². The first-order valence-electron chi connectivity index (χ1n) is 8.74. The average molecular weight is 411 g/mol. The number of sulfonamides is 1. The second kappa shape index (κ2) is 8.93. The summed E-state index contributed by atoms with van der Waals surface area (Å²) < 4.78 is 37.8. The van der Waals surface area contributed by atoms with Crippen LogP contribution in [0.1, 0.15) is 0 Å². The van der Waals surface area contributed by atoms with E-state index in [2.05, 4.69) is 4.90 Å². The molecule has 0 bridgehead atoms. The molecule has 27 heavy (non-hydrogen) atoms. The molecule has 2 aromatic rings. The molecule has 0 amide bonds. The lowest BCUT2D eigenvalue weighted by molar-refractivity contribution is 0.159. The van der Waals surface area contributed by atoms with Gasteiger partial charge in [-0.1, -0.05) is 23.7 Å². The number of para-hydroxylation sites is 1. The van der Waals surface area contributed by atoms with E-state index in [1.54, 1.807) is 37.4 Å². The summed E-state index contributed by atoms with van der Waals surface area (Å²) in [5.41, 5.74) is 0. The van der Waals surface area contributed by atoms with Crippen molar-refractivity contribution in [2.45, 2.75) is 4.90 Å². The number of piperazine rings is 1. The highest BCUT2D eigenvalue weighted by molar-refractivity contribution is 7.89. The first-order valence-corrected chi connectivity index (χ1v) is 10.6. The van der Waals surface area contributed by atoms with Crippen molar-refractivity contribution < 1.29 is 17.9 Å². The van der Waals surface area contributed by atoms with Gasteiger partial charge in [-0.2, -0.15) is 4.31 Å². The quantitative estimate of drug-likeness (QED) is 0.702. The maximum atomic E-state index is 12.8. The number of hydrogen-bond acceptors (Lipinski definition) is 5. The van der Waals surface area contributed by atoms with Crippen LogP contribution in [-0.2, 0) is 10.0 Å². The van der Waals surface area contributed by atoms with Crippen LogP contribution in [0.4, 0.5) is 0 Å². The summed E-state index contributed by atoms with van der Waals surface area (Å²) in [6.07, 6.45) is 0. The van der Waals surface area contributed by atoms with Crippen LogP contribution in [-0.4, -0.2) is 64.1 Å². The SMILES string of the molecule is COc1ccc(S(=O)(=O)N2CCN(CCOc3ccccc3Cl)CC2)cc1. The Morgan fingerprint density at radius 1 is 1.00 bits per heavy atom. The topological polar surface area (TPSA) is 59.1 Å². The van der Waals surface area contributed by atoms with Crippen LogP contribution in [0.15, 0.2) is 53.4 Å². The third kappa shape index (κ3) is 4.93. The van der Waals surface area contributed by atoms with Gasteiger partial charge < -0.3 is 9.47 Å². The molecule has 2 aromatic carbocycles. The van der Waals surface area contributed by atoms with E-state index in [4.69, 9.17) is 21.1 Å². The van der Waals surface area contributed by atoms with E-state index in [9.17, 15) is 8.42 Å². The molecule has 1 aliphatic rings. The molecule has 1 heterocycles. The van der Waals surface area contributed by atoms with Crippen molar-refractivity contribution in [1.82, 2.24) is 9.21 Å². The molecule has 0 unspecified atom stereocenters.